The standard InChI is InChI=1S/C20H17S/c1-21-20(17-11-5-2-6-12-17,18-13-7-3-8-14-18)19-15-9-4-10-16-19/h2-16H,1H2. The van der Waals surface area contributed by atoms with E-state index in [4.69, 9.17) is 0 Å². The monoisotopic (exact) mass is 289 g/mol. The Morgan fingerprint density at radius 1 is 0.524 bits per heavy atom. The molecule has 103 valence electrons. The Bertz CT molecular complexity index is 578. The highest BCUT2D eigenvalue weighted by atomic mass is 32.2. The first kappa shape index (κ1) is 14.0. The van der Waals surface area contributed by atoms with E-state index in [1.54, 1.807) is 11.8 Å². The first-order chi connectivity index (χ1) is 10.4. The maximum Gasteiger partial charge on any atom is 0.0907 e. The third-order valence-corrected chi connectivity index (χ3v) is 4.90. The Hall–Kier alpha value is -1.99. The van der Waals surface area contributed by atoms with Crippen LogP contribution >= 0.6 is 11.8 Å². The van der Waals surface area contributed by atoms with Gasteiger partial charge >= 0.3 is 0 Å². The van der Waals surface area contributed by atoms with Crippen molar-refractivity contribution in [3.8, 4) is 0 Å². The van der Waals surface area contributed by atoms with E-state index in [2.05, 4.69) is 97.3 Å². The van der Waals surface area contributed by atoms with Crippen LogP contribution in [0, 0.1) is 6.26 Å². The molecule has 0 amide bonds. The first-order valence-electron chi connectivity index (χ1n) is 6.97. The third-order valence-electron chi connectivity index (χ3n) is 3.76. The summed E-state index contributed by atoms with van der Waals surface area (Å²) in [6.07, 6.45) is 4.20. The summed E-state index contributed by atoms with van der Waals surface area (Å²) in [6, 6.07) is 31.8. The second-order valence-corrected chi connectivity index (χ2v) is 5.82. The highest BCUT2D eigenvalue weighted by molar-refractivity contribution is 8.01. The van der Waals surface area contributed by atoms with Crippen molar-refractivity contribution >= 4 is 11.8 Å². The van der Waals surface area contributed by atoms with Crippen LogP contribution in [0.5, 0.6) is 0 Å². The minimum absolute atomic E-state index is 0.274. The van der Waals surface area contributed by atoms with Gasteiger partial charge in [-0.05, 0) is 16.7 Å². The van der Waals surface area contributed by atoms with E-state index in [9.17, 15) is 0 Å². The van der Waals surface area contributed by atoms with Crippen molar-refractivity contribution in [1.82, 2.24) is 0 Å². The van der Waals surface area contributed by atoms with Crippen LogP contribution < -0.4 is 0 Å². The fourth-order valence-corrected chi connectivity index (χ4v) is 3.68. The molecule has 0 saturated carbocycles. The second-order valence-electron chi connectivity index (χ2n) is 4.92. The maximum atomic E-state index is 4.20. The van der Waals surface area contributed by atoms with Crippen molar-refractivity contribution in [2.45, 2.75) is 4.75 Å². The molecule has 3 rings (SSSR count). The Morgan fingerprint density at radius 2 is 0.810 bits per heavy atom. The van der Waals surface area contributed by atoms with Crippen LogP contribution in [0.15, 0.2) is 91.0 Å². The Labute approximate surface area is 130 Å². The molecule has 0 unspecified atom stereocenters. The number of rotatable bonds is 4. The summed E-state index contributed by atoms with van der Waals surface area (Å²) in [7, 11) is 0. The summed E-state index contributed by atoms with van der Waals surface area (Å²) in [5, 5.41) is 0. The molecule has 0 aliphatic heterocycles. The van der Waals surface area contributed by atoms with Crippen LogP contribution in [0.2, 0.25) is 0 Å². The van der Waals surface area contributed by atoms with Gasteiger partial charge in [-0.1, -0.05) is 91.0 Å². The van der Waals surface area contributed by atoms with Crippen molar-refractivity contribution in [3.05, 3.63) is 114 Å². The van der Waals surface area contributed by atoms with Gasteiger partial charge in [0.1, 0.15) is 0 Å². The number of hydrogen-bond acceptors (Lipinski definition) is 1. The molecule has 0 N–H and O–H groups in total. The van der Waals surface area contributed by atoms with E-state index in [1.165, 1.54) is 16.7 Å². The summed E-state index contributed by atoms with van der Waals surface area (Å²) in [6.45, 7) is 0. The van der Waals surface area contributed by atoms with Crippen molar-refractivity contribution < 1.29 is 0 Å². The molecule has 3 aromatic rings. The van der Waals surface area contributed by atoms with Crippen molar-refractivity contribution in [2.75, 3.05) is 0 Å². The van der Waals surface area contributed by atoms with Gasteiger partial charge in [-0.15, -0.1) is 11.8 Å². The predicted molar refractivity (Wildman–Crippen MR) is 92.2 cm³/mol. The SMILES string of the molecule is [CH2]SC(c1ccccc1)(c1ccccc1)c1ccccc1. The molecule has 0 saturated heterocycles. The zero-order valence-electron chi connectivity index (χ0n) is 11.8. The summed E-state index contributed by atoms with van der Waals surface area (Å²) in [4.78, 5) is 0. The van der Waals surface area contributed by atoms with Gasteiger partial charge in [0.2, 0.25) is 0 Å². The van der Waals surface area contributed by atoms with E-state index in [-0.39, 0.29) is 4.75 Å². The zero-order valence-corrected chi connectivity index (χ0v) is 12.6. The Morgan fingerprint density at radius 3 is 1.05 bits per heavy atom. The van der Waals surface area contributed by atoms with E-state index < -0.39 is 0 Å². The van der Waals surface area contributed by atoms with Gasteiger partial charge in [-0.25, -0.2) is 0 Å². The third kappa shape index (κ3) is 2.50. The minimum Gasteiger partial charge on any atom is -0.140 e. The normalized spacial score (nSPS) is 11.3. The van der Waals surface area contributed by atoms with Crippen LogP contribution in [0.25, 0.3) is 0 Å². The molecule has 0 spiro atoms. The summed E-state index contributed by atoms with van der Waals surface area (Å²) >= 11 is 1.63. The molecule has 0 aliphatic rings. The molecule has 0 bridgehead atoms. The Balaban J connectivity index is 2.29. The molecule has 0 heterocycles. The van der Waals surface area contributed by atoms with Crippen LogP contribution in [0.3, 0.4) is 0 Å². The van der Waals surface area contributed by atoms with Crippen LogP contribution in [-0.2, 0) is 4.75 Å². The van der Waals surface area contributed by atoms with E-state index >= 15 is 0 Å². The van der Waals surface area contributed by atoms with Gasteiger partial charge in [0, 0.05) is 6.26 Å². The molecule has 0 aromatic heterocycles. The molecule has 1 radical (unpaired) electrons. The van der Waals surface area contributed by atoms with E-state index in [0.29, 0.717) is 0 Å². The minimum atomic E-state index is -0.274. The molecule has 0 nitrogen and oxygen atoms in total. The number of benzene rings is 3. The van der Waals surface area contributed by atoms with Crippen LogP contribution in [-0.4, -0.2) is 0 Å². The van der Waals surface area contributed by atoms with Gasteiger partial charge < -0.3 is 0 Å². The van der Waals surface area contributed by atoms with Crippen LogP contribution in [0.1, 0.15) is 16.7 Å². The van der Waals surface area contributed by atoms with E-state index in [1.807, 2.05) is 0 Å². The quantitative estimate of drug-likeness (QED) is 0.571. The lowest BCUT2D eigenvalue weighted by Crippen LogP contribution is -2.24. The lowest BCUT2D eigenvalue weighted by molar-refractivity contribution is 0.900. The van der Waals surface area contributed by atoms with Crippen molar-refractivity contribution in [3.63, 3.8) is 0 Å². The maximum absolute atomic E-state index is 4.20. The molecular weight excluding hydrogens is 272 g/mol. The van der Waals surface area contributed by atoms with Gasteiger partial charge in [-0.3, -0.25) is 0 Å². The second kappa shape index (κ2) is 6.19. The molecule has 21 heavy (non-hydrogen) atoms. The van der Waals surface area contributed by atoms with Crippen molar-refractivity contribution in [2.24, 2.45) is 0 Å². The molecule has 0 fully saturated rings. The summed E-state index contributed by atoms with van der Waals surface area (Å²) < 4.78 is -0.274. The lowest BCUT2D eigenvalue weighted by Gasteiger charge is -2.34. The molecule has 1 heteroatoms. The average Bonchev–Trinajstić information content (AvgIpc) is 2.59. The molecule has 3 aromatic carbocycles. The van der Waals surface area contributed by atoms with Gasteiger partial charge in [-0.2, -0.15) is 0 Å². The average molecular weight is 289 g/mol. The topological polar surface area (TPSA) is 0 Å². The smallest absolute Gasteiger partial charge is 0.0907 e. The lowest BCUT2D eigenvalue weighted by atomic mass is 9.84. The van der Waals surface area contributed by atoms with Gasteiger partial charge in [0.05, 0.1) is 4.75 Å². The fraction of sp³-hybridized carbons (Fsp3) is 0.0500. The largest absolute Gasteiger partial charge is 0.140 e. The van der Waals surface area contributed by atoms with E-state index in [0.717, 1.165) is 0 Å². The molecular formula is C20H17S. The van der Waals surface area contributed by atoms with Crippen molar-refractivity contribution in [1.29, 1.82) is 0 Å². The fourth-order valence-electron chi connectivity index (χ4n) is 2.77. The van der Waals surface area contributed by atoms with Gasteiger partial charge in [0.25, 0.3) is 0 Å². The Kier molecular flexibility index (Phi) is 4.12. The number of thioether (sulfide) groups is 1. The van der Waals surface area contributed by atoms with Crippen LogP contribution in [0.4, 0.5) is 0 Å². The first-order valence-corrected chi connectivity index (χ1v) is 7.96. The summed E-state index contributed by atoms with van der Waals surface area (Å²) in [5.74, 6) is 0. The highest BCUT2D eigenvalue weighted by Crippen LogP contribution is 2.47. The zero-order chi connectivity index (χ0) is 14.5. The number of hydrogen-bond donors (Lipinski definition) is 0. The molecule has 0 aliphatic carbocycles. The predicted octanol–water partition coefficient (Wildman–Crippen LogP) is 5.50. The summed E-state index contributed by atoms with van der Waals surface area (Å²) in [5.41, 5.74) is 3.76. The molecule has 0 atom stereocenters. The highest BCUT2D eigenvalue weighted by Gasteiger charge is 2.35. The van der Waals surface area contributed by atoms with Gasteiger partial charge in [0.15, 0.2) is 0 Å².